The van der Waals surface area contributed by atoms with E-state index in [1.807, 2.05) is 6.92 Å². The molecule has 1 rings (SSSR count). The second-order valence-corrected chi connectivity index (χ2v) is 3.83. The van der Waals surface area contributed by atoms with Crippen LogP contribution in [0.5, 0.6) is 5.75 Å². The highest BCUT2D eigenvalue weighted by Crippen LogP contribution is 2.28. The molecule has 0 radical (unpaired) electrons. The van der Waals surface area contributed by atoms with E-state index in [0.29, 0.717) is 12.0 Å². The maximum atomic E-state index is 12.2. The zero-order chi connectivity index (χ0) is 12.8. The fraction of sp³-hybridized carbons (Fsp3) is 0.385. The molecule has 0 heterocycles. The maximum Gasteiger partial charge on any atom is 0.387 e. The molecule has 0 bridgehead atoms. The molecule has 0 saturated carbocycles. The van der Waals surface area contributed by atoms with Crippen molar-refractivity contribution in [3.05, 3.63) is 42.0 Å². The predicted molar refractivity (Wildman–Crippen MR) is 64.1 cm³/mol. The van der Waals surface area contributed by atoms with Crippen molar-refractivity contribution in [3.8, 4) is 5.75 Å². The number of ether oxygens (including phenoxy) is 1. The van der Waals surface area contributed by atoms with Gasteiger partial charge in [0.25, 0.3) is 0 Å². The summed E-state index contributed by atoms with van der Waals surface area (Å²) in [6.45, 7) is 3.01. The number of halogens is 2. The lowest BCUT2D eigenvalue weighted by atomic mass is 9.98. The van der Waals surface area contributed by atoms with Crippen LogP contribution in [-0.4, -0.2) is 6.61 Å². The standard InChI is InChI=1S/C13H17F2NO/c1-3-9(2)8-11(16)10-6-4-5-7-12(10)17-13(14)15/h4-7,11,13H,2-3,8,16H2,1H3. The minimum atomic E-state index is -2.84. The zero-order valence-corrected chi connectivity index (χ0v) is 9.83. The van der Waals surface area contributed by atoms with Crippen molar-refractivity contribution < 1.29 is 13.5 Å². The van der Waals surface area contributed by atoms with E-state index >= 15 is 0 Å². The van der Waals surface area contributed by atoms with Gasteiger partial charge in [0, 0.05) is 11.6 Å². The van der Waals surface area contributed by atoms with Crippen molar-refractivity contribution in [2.75, 3.05) is 0 Å². The predicted octanol–water partition coefficient (Wildman–Crippen LogP) is 3.64. The molecule has 94 valence electrons. The van der Waals surface area contributed by atoms with Gasteiger partial charge in [-0.25, -0.2) is 0 Å². The van der Waals surface area contributed by atoms with Gasteiger partial charge in [-0.05, 0) is 18.9 Å². The molecule has 4 heteroatoms. The molecule has 0 amide bonds. The van der Waals surface area contributed by atoms with Crippen molar-refractivity contribution in [2.45, 2.75) is 32.4 Å². The van der Waals surface area contributed by atoms with Crippen LogP contribution in [0.2, 0.25) is 0 Å². The van der Waals surface area contributed by atoms with E-state index in [1.165, 1.54) is 6.07 Å². The molecular formula is C13H17F2NO. The first-order valence-electron chi connectivity index (χ1n) is 5.50. The van der Waals surface area contributed by atoms with Crippen LogP contribution in [0.3, 0.4) is 0 Å². The lowest BCUT2D eigenvalue weighted by molar-refractivity contribution is -0.0506. The molecule has 1 aromatic carbocycles. The van der Waals surface area contributed by atoms with Gasteiger partial charge >= 0.3 is 6.61 Å². The molecule has 0 saturated heterocycles. The van der Waals surface area contributed by atoms with E-state index < -0.39 is 6.61 Å². The van der Waals surface area contributed by atoms with Crippen LogP contribution in [0.25, 0.3) is 0 Å². The fourth-order valence-corrected chi connectivity index (χ4v) is 1.56. The average molecular weight is 241 g/mol. The molecule has 1 aromatic rings. The molecule has 17 heavy (non-hydrogen) atoms. The Kier molecular flexibility index (Phi) is 5.10. The first-order valence-corrected chi connectivity index (χ1v) is 5.50. The molecule has 1 unspecified atom stereocenters. The summed E-state index contributed by atoms with van der Waals surface area (Å²) in [4.78, 5) is 0. The fourth-order valence-electron chi connectivity index (χ4n) is 1.56. The van der Waals surface area contributed by atoms with Crippen LogP contribution in [-0.2, 0) is 0 Å². The number of benzene rings is 1. The molecule has 0 aromatic heterocycles. The first-order chi connectivity index (χ1) is 8.04. The minimum Gasteiger partial charge on any atom is -0.434 e. The SMILES string of the molecule is C=C(CC)CC(N)c1ccccc1OC(F)F. The van der Waals surface area contributed by atoms with Gasteiger partial charge in [-0.1, -0.05) is 37.3 Å². The highest BCUT2D eigenvalue weighted by atomic mass is 19.3. The lowest BCUT2D eigenvalue weighted by Gasteiger charge is -2.17. The third-order valence-electron chi connectivity index (χ3n) is 2.54. The first kappa shape index (κ1) is 13.6. The number of rotatable bonds is 6. The minimum absolute atomic E-state index is 0.138. The van der Waals surface area contributed by atoms with Gasteiger partial charge in [0.15, 0.2) is 0 Å². The third kappa shape index (κ3) is 4.15. The Morgan fingerprint density at radius 2 is 2.06 bits per heavy atom. The molecule has 1 atom stereocenters. The Balaban J connectivity index is 2.84. The number of hydrogen-bond donors (Lipinski definition) is 1. The molecule has 0 spiro atoms. The summed E-state index contributed by atoms with van der Waals surface area (Å²) in [5, 5.41) is 0. The average Bonchev–Trinajstić information content (AvgIpc) is 2.28. The largest absolute Gasteiger partial charge is 0.434 e. The quantitative estimate of drug-likeness (QED) is 0.772. The lowest BCUT2D eigenvalue weighted by Crippen LogP contribution is -2.14. The summed E-state index contributed by atoms with van der Waals surface area (Å²) in [5.74, 6) is 0.138. The van der Waals surface area contributed by atoms with Gasteiger partial charge in [0.1, 0.15) is 5.75 Å². The van der Waals surface area contributed by atoms with Crippen molar-refractivity contribution in [1.82, 2.24) is 0 Å². The number of para-hydroxylation sites is 1. The molecule has 2 nitrogen and oxygen atoms in total. The van der Waals surface area contributed by atoms with E-state index in [9.17, 15) is 8.78 Å². The summed E-state index contributed by atoms with van der Waals surface area (Å²) in [6, 6.07) is 6.23. The van der Waals surface area contributed by atoms with Crippen molar-refractivity contribution in [1.29, 1.82) is 0 Å². The molecule has 0 fully saturated rings. The molecular weight excluding hydrogens is 224 g/mol. The molecule has 2 N–H and O–H groups in total. The molecule has 0 aliphatic rings. The number of alkyl halides is 2. The van der Waals surface area contributed by atoms with Gasteiger partial charge in [0.05, 0.1) is 0 Å². The Hall–Kier alpha value is -1.42. The summed E-state index contributed by atoms with van der Waals surface area (Å²) in [7, 11) is 0. The Labute approximate surface area is 100 Å². The normalized spacial score (nSPS) is 12.5. The Bertz CT molecular complexity index is 379. The topological polar surface area (TPSA) is 35.2 Å². The van der Waals surface area contributed by atoms with Gasteiger partial charge in [-0.15, -0.1) is 0 Å². The van der Waals surface area contributed by atoms with Crippen molar-refractivity contribution in [3.63, 3.8) is 0 Å². The van der Waals surface area contributed by atoms with Gasteiger partial charge in [-0.3, -0.25) is 0 Å². The zero-order valence-electron chi connectivity index (χ0n) is 9.83. The van der Waals surface area contributed by atoms with Crippen LogP contribution in [0, 0.1) is 0 Å². The second kappa shape index (κ2) is 6.35. The monoisotopic (exact) mass is 241 g/mol. The highest BCUT2D eigenvalue weighted by Gasteiger charge is 2.15. The van der Waals surface area contributed by atoms with Crippen LogP contribution in [0.1, 0.15) is 31.4 Å². The molecule has 0 aliphatic heterocycles. The number of nitrogens with two attached hydrogens (primary N) is 1. The second-order valence-electron chi connectivity index (χ2n) is 3.83. The smallest absolute Gasteiger partial charge is 0.387 e. The van der Waals surface area contributed by atoms with Crippen LogP contribution >= 0.6 is 0 Å². The Morgan fingerprint density at radius 3 is 2.65 bits per heavy atom. The van der Waals surface area contributed by atoms with E-state index in [4.69, 9.17) is 5.73 Å². The van der Waals surface area contributed by atoms with E-state index in [-0.39, 0.29) is 11.8 Å². The van der Waals surface area contributed by atoms with Crippen molar-refractivity contribution in [2.24, 2.45) is 5.73 Å². The summed E-state index contributed by atoms with van der Waals surface area (Å²) < 4.78 is 28.9. The van der Waals surface area contributed by atoms with E-state index in [0.717, 1.165) is 12.0 Å². The maximum absolute atomic E-state index is 12.2. The van der Waals surface area contributed by atoms with Crippen LogP contribution in [0.15, 0.2) is 36.4 Å². The Morgan fingerprint density at radius 1 is 1.41 bits per heavy atom. The summed E-state index contributed by atoms with van der Waals surface area (Å²) in [6.07, 6.45) is 1.39. The third-order valence-corrected chi connectivity index (χ3v) is 2.54. The summed E-state index contributed by atoms with van der Waals surface area (Å²) >= 11 is 0. The van der Waals surface area contributed by atoms with Gasteiger partial charge in [-0.2, -0.15) is 8.78 Å². The van der Waals surface area contributed by atoms with Crippen molar-refractivity contribution >= 4 is 0 Å². The van der Waals surface area contributed by atoms with E-state index in [2.05, 4.69) is 11.3 Å². The highest BCUT2D eigenvalue weighted by molar-refractivity contribution is 5.36. The van der Waals surface area contributed by atoms with Crippen LogP contribution in [0.4, 0.5) is 8.78 Å². The van der Waals surface area contributed by atoms with Gasteiger partial charge in [0.2, 0.25) is 0 Å². The summed E-state index contributed by atoms with van der Waals surface area (Å²) in [5.41, 5.74) is 7.54. The van der Waals surface area contributed by atoms with Crippen LogP contribution < -0.4 is 10.5 Å². The molecule has 0 aliphatic carbocycles. The number of hydrogen-bond acceptors (Lipinski definition) is 2. The van der Waals surface area contributed by atoms with E-state index in [1.54, 1.807) is 18.2 Å². The van der Waals surface area contributed by atoms with Gasteiger partial charge < -0.3 is 10.5 Å².